The summed E-state index contributed by atoms with van der Waals surface area (Å²) in [5.41, 5.74) is 6.01. The third-order valence-electron chi connectivity index (χ3n) is 2.00. The molecule has 0 atom stereocenters. The molecule has 0 amide bonds. The Morgan fingerprint density at radius 2 is 2.06 bits per heavy atom. The van der Waals surface area contributed by atoms with Gasteiger partial charge in [0.15, 0.2) is 0 Å². The van der Waals surface area contributed by atoms with E-state index in [1.54, 1.807) is 12.1 Å². The fourth-order valence-corrected chi connectivity index (χ4v) is 1.22. The molecular formula is C9H9N5O3. The van der Waals surface area contributed by atoms with Crippen LogP contribution in [0.4, 0.5) is 17.4 Å². The van der Waals surface area contributed by atoms with E-state index in [1.807, 2.05) is 0 Å². The summed E-state index contributed by atoms with van der Waals surface area (Å²) in [6.45, 7) is 0.308. The molecule has 0 aliphatic carbocycles. The van der Waals surface area contributed by atoms with Crippen molar-refractivity contribution in [3.8, 4) is 0 Å². The molecule has 8 heteroatoms. The number of aromatic nitrogens is 2. The number of hydrogen-bond donors (Lipinski definition) is 2. The van der Waals surface area contributed by atoms with E-state index in [-0.39, 0.29) is 11.7 Å². The Hall–Kier alpha value is -2.64. The molecule has 0 radical (unpaired) electrons. The number of nitrogens with zero attached hydrogens (tertiary/aromatic N) is 3. The van der Waals surface area contributed by atoms with Crippen LogP contribution in [0.25, 0.3) is 0 Å². The van der Waals surface area contributed by atoms with Crippen molar-refractivity contribution in [1.82, 2.24) is 10.2 Å². The Morgan fingerprint density at radius 1 is 1.35 bits per heavy atom. The van der Waals surface area contributed by atoms with E-state index in [9.17, 15) is 10.1 Å². The Labute approximate surface area is 95.6 Å². The molecule has 1 aromatic heterocycles. The number of non-ortho nitro benzene ring substituents is 1. The minimum atomic E-state index is -0.456. The molecule has 17 heavy (non-hydrogen) atoms. The highest BCUT2D eigenvalue weighted by molar-refractivity contribution is 5.48. The topological polar surface area (TPSA) is 120 Å². The van der Waals surface area contributed by atoms with Gasteiger partial charge in [-0.05, 0) is 12.1 Å². The SMILES string of the molecule is Nc1nnc(CNc2ccc([N+](=O)[O-])cc2)o1. The molecule has 0 aliphatic heterocycles. The van der Waals surface area contributed by atoms with Crippen molar-refractivity contribution < 1.29 is 9.34 Å². The van der Waals surface area contributed by atoms with Gasteiger partial charge in [-0.2, -0.15) is 0 Å². The van der Waals surface area contributed by atoms with Crippen LogP contribution in [0.15, 0.2) is 28.7 Å². The summed E-state index contributed by atoms with van der Waals surface area (Å²) in [4.78, 5) is 9.98. The molecule has 0 spiro atoms. The van der Waals surface area contributed by atoms with E-state index in [0.717, 1.165) is 0 Å². The standard InChI is InChI=1S/C9H9N5O3/c10-9-13-12-8(17-9)5-11-6-1-3-7(4-2-6)14(15)16/h1-4,11H,5H2,(H2,10,13). The largest absolute Gasteiger partial charge is 0.406 e. The van der Waals surface area contributed by atoms with Gasteiger partial charge in [-0.1, -0.05) is 5.10 Å². The summed E-state index contributed by atoms with van der Waals surface area (Å²) in [6, 6.07) is 6.01. The number of nitrogen functional groups attached to an aromatic ring is 1. The van der Waals surface area contributed by atoms with Gasteiger partial charge in [0.25, 0.3) is 5.69 Å². The average Bonchev–Trinajstić information content (AvgIpc) is 2.73. The number of nitro benzene ring substituents is 1. The van der Waals surface area contributed by atoms with Crippen molar-refractivity contribution in [1.29, 1.82) is 0 Å². The van der Waals surface area contributed by atoms with Crippen molar-refractivity contribution in [3.63, 3.8) is 0 Å². The normalized spacial score (nSPS) is 10.1. The second-order valence-corrected chi connectivity index (χ2v) is 3.19. The number of anilines is 2. The zero-order valence-corrected chi connectivity index (χ0v) is 8.66. The van der Waals surface area contributed by atoms with E-state index in [0.29, 0.717) is 18.1 Å². The zero-order chi connectivity index (χ0) is 12.3. The second kappa shape index (κ2) is 4.47. The van der Waals surface area contributed by atoms with E-state index < -0.39 is 4.92 Å². The minimum absolute atomic E-state index is 0.00509. The zero-order valence-electron chi connectivity index (χ0n) is 8.66. The smallest absolute Gasteiger partial charge is 0.312 e. The van der Waals surface area contributed by atoms with Crippen molar-refractivity contribution >= 4 is 17.4 Å². The van der Waals surface area contributed by atoms with Crippen LogP contribution in [-0.4, -0.2) is 15.1 Å². The van der Waals surface area contributed by atoms with Gasteiger partial charge < -0.3 is 15.5 Å². The quantitative estimate of drug-likeness (QED) is 0.602. The van der Waals surface area contributed by atoms with Crippen molar-refractivity contribution in [3.05, 3.63) is 40.3 Å². The first-order valence-electron chi connectivity index (χ1n) is 4.71. The van der Waals surface area contributed by atoms with Gasteiger partial charge in [0.2, 0.25) is 5.89 Å². The molecule has 88 valence electrons. The molecular weight excluding hydrogens is 226 g/mol. The third kappa shape index (κ3) is 2.68. The molecule has 0 aliphatic rings. The van der Waals surface area contributed by atoms with Gasteiger partial charge in [-0.25, -0.2) is 0 Å². The third-order valence-corrected chi connectivity index (χ3v) is 2.00. The van der Waals surface area contributed by atoms with Crippen molar-refractivity contribution in [2.45, 2.75) is 6.54 Å². The number of nitro groups is 1. The predicted octanol–water partition coefficient (Wildman–Crippen LogP) is 1.17. The lowest BCUT2D eigenvalue weighted by Gasteiger charge is -2.02. The fraction of sp³-hybridized carbons (Fsp3) is 0.111. The monoisotopic (exact) mass is 235 g/mol. The molecule has 0 saturated heterocycles. The summed E-state index contributed by atoms with van der Waals surface area (Å²) >= 11 is 0. The summed E-state index contributed by atoms with van der Waals surface area (Å²) in [7, 11) is 0. The minimum Gasteiger partial charge on any atom is -0.406 e. The number of nitrogens with two attached hydrogens (primary N) is 1. The lowest BCUT2D eigenvalue weighted by atomic mass is 10.3. The van der Waals surface area contributed by atoms with Crippen LogP contribution < -0.4 is 11.1 Å². The Bertz CT molecular complexity index is 522. The summed E-state index contributed by atoms with van der Waals surface area (Å²) in [5, 5.41) is 20.6. The van der Waals surface area contributed by atoms with E-state index in [4.69, 9.17) is 10.2 Å². The molecule has 0 saturated carbocycles. The lowest BCUT2D eigenvalue weighted by molar-refractivity contribution is -0.384. The Kier molecular flexibility index (Phi) is 2.86. The van der Waals surface area contributed by atoms with Crippen LogP contribution in [0.1, 0.15) is 5.89 Å². The van der Waals surface area contributed by atoms with Gasteiger partial charge in [0.1, 0.15) is 0 Å². The van der Waals surface area contributed by atoms with Gasteiger partial charge in [0.05, 0.1) is 11.5 Å². The first-order valence-corrected chi connectivity index (χ1v) is 4.71. The molecule has 0 fully saturated rings. The summed E-state index contributed by atoms with van der Waals surface area (Å²) in [6.07, 6.45) is 0. The molecule has 3 N–H and O–H groups in total. The maximum atomic E-state index is 10.4. The second-order valence-electron chi connectivity index (χ2n) is 3.19. The number of rotatable bonds is 4. The van der Waals surface area contributed by atoms with Gasteiger partial charge >= 0.3 is 6.01 Å². The van der Waals surface area contributed by atoms with E-state index in [2.05, 4.69) is 15.5 Å². The highest BCUT2D eigenvalue weighted by Gasteiger charge is 2.05. The number of benzene rings is 1. The maximum absolute atomic E-state index is 10.4. The van der Waals surface area contributed by atoms with Crippen LogP contribution >= 0.6 is 0 Å². The molecule has 1 heterocycles. The molecule has 2 rings (SSSR count). The van der Waals surface area contributed by atoms with Gasteiger partial charge in [0, 0.05) is 17.8 Å². The first-order chi connectivity index (χ1) is 8.15. The molecule has 0 unspecified atom stereocenters. The molecule has 1 aromatic carbocycles. The number of hydrogen-bond acceptors (Lipinski definition) is 7. The van der Waals surface area contributed by atoms with Crippen LogP contribution in [0.5, 0.6) is 0 Å². The maximum Gasteiger partial charge on any atom is 0.312 e. The fourth-order valence-electron chi connectivity index (χ4n) is 1.22. The molecule has 0 bridgehead atoms. The van der Waals surface area contributed by atoms with E-state index >= 15 is 0 Å². The Balaban J connectivity index is 1.97. The van der Waals surface area contributed by atoms with Crippen LogP contribution in [0.2, 0.25) is 0 Å². The van der Waals surface area contributed by atoms with Crippen molar-refractivity contribution in [2.24, 2.45) is 0 Å². The first kappa shape index (κ1) is 10.9. The number of nitrogens with one attached hydrogen (secondary N) is 1. The van der Waals surface area contributed by atoms with Gasteiger partial charge in [-0.15, -0.1) is 5.10 Å². The summed E-state index contributed by atoms with van der Waals surface area (Å²) < 4.78 is 4.95. The predicted molar refractivity (Wildman–Crippen MR) is 59.1 cm³/mol. The molecule has 8 nitrogen and oxygen atoms in total. The van der Waals surface area contributed by atoms with Crippen LogP contribution in [-0.2, 0) is 6.54 Å². The average molecular weight is 235 g/mol. The van der Waals surface area contributed by atoms with Crippen LogP contribution in [0.3, 0.4) is 0 Å². The van der Waals surface area contributed by atoms with Crippen molar-refractivity contribution in [2.75, 3.05) is 11.1 Å². The van der Waals surface area contributed by atoms with E-state index in [1.165, 1.54) is 12.1 Å². The van der Waals surface area contributed by atoms with Crippen LogP contribution in [0, 0.1) is 10.1 Å². The summed E-state index contributed by atoms with van der Waals surface area (Å²) in [5.74, 6) is 0.348. The Morgan fingerprint density at radius 3 is 2.59 bits per heavy atom. The van der Waals surface area contributed by atoms with Gasteiger partial charge in [-0.3, -0.25) is 10.1 Å². The molecule has 2 aromatic rings. The lowest BCUT2D eigenvalue weighted by Crippen LogP contribution is -1.99. The highest BCUT2D eigenvalue weighted by atomic mass is 16.6. The highest BCUT2D eigenvalue weighted by Crippen LogP contribution is 2.16.